The Morgan fingerprint density at radius 2 is 1.64 bits per heavy atom. The summed E-state index contributed by atoms with van der Waals surface area (Å²) in [5, 5.41) is 25.4. The molecule has 6 nitrogen and oxygen atoms in total. The number of likely N-dealkylation sites (tertiary alicyclic amines) is 1. The smallest absolute Gasteiger partial charge is 0.414 e. The largest absolute Gasteiger partial charge is 0.473 e. The molecule has 1 heterocycles. The Labute approximate surface area is 137 Å². The summed E-state index contributed by atoms with van der Waals surface area (Å²) in [6.07, 6.45) is 1.60. The third kappa shape index (κ3) is 6.62. The lowest BCUT2D eigenvalue weighted by Gasteiger charge is -2.29. The van der Waals surface area contributed by atoms with Crippen LogP contribution in [0.2, 0.25) is 10.0 Å². The molecular formula is C14H17Cl2NO5. The van der Waals surface area contributed by atoms with Crippen molar-refractivity contribution >= 4 is 35.1 Å². The van der Waals surface area contributed by atoms with Gasteiger partial charge < -0.3 is 15.3 Å². The summed E-state index contributed by atoms with van der Waals surface area (Å²) in [5.41, 5.74) is 1.17. The van der Waals surface area contributed by atoms with Crippen LogP contribution in [0.5, 0.6) is 0 Å². The second-order valence-corrected chi connectivity index (χ2v) is 5.68. The van der Waals surface area contributed by atoms with Crippen molar-refractivity contribution in [2.24, 2.45) is 0 Å². The first kappa shape index (κ1) is 18.7. The standard InChI is InChI=1S/C12H15Cl2NO.C2H2O4/c13-11-2-1-9(7-12(11)14)8-15-5-3-10(16)4-6-15;3-1(4)2(5)6/h1-2,7,10,16H,3-6,8H2;(H,3,4)(H,5,6). The van der Waals surface area contributed by atoms with Crippen molar-refractivity contribution in [3.63, 3.8) is 0 Å². The minimum atomic E-state index is -1.82. The Morgan fingerprint density at radius 3 is 2.09 bits per heavy atom. The molecule has 0 amide bonds. The number of carbonyl (C=O) groups is 2. The predicted octanol–water partition coefficient (Wildman–Crippen LogP) is 2.11. The molecule has 22 heavy (non-hydrogen) atoms. The predicted molar refractivity (Wildman–Crippen MR) is 82.3 cm³/mol. The number of benzene rings is 1. The van der Waals surface area contributed by atoms with Gasteiger partial charge in [0.15, 0.2) is 0 Å². The average molecular weight is 350 g/mol. The summed E-state index contributed by atoms with van der Waals surface area (Å²) in [4.78, 5) is 20.5. The van der Waals surface area contributed by atoms with Gasteiger partial charge >= 0.3 is 11.9 Å². The van der Waals surface area contributed by atoms with Crippen LogP contribution in [0.3, 0.4) is 0 Å². The Morgan fingerprint density at radius 1 is 1.09 bits per heavy atom. The van der Waals surface area contributed by atoms with Crippen LogP contribution in [0.15, 0.2) is 18.2 Å². The van der Waals surface area contributed by atoms with Gasteiger partial charge in [-0.3, -0.25) is 4.90 Å². The molecule has 0 saturated carbocycles. The van der Waals surface area contributed by atoms with E-state index in [1.807, 2.05) is 18.2 Å². The highest BCUT2D eigenvalue weighted by atomic mass is 35.5. The fourth-order valence-corrected chi connectivity index (χ4v) is 2.29. The summed E-state index contributed by atoms with van der Waals surface area (Å²) < 4.78 is 0. The van der Waals surface area contributed by atoms with E-state index in [2.05, 4.69) is 4.90 Å². The van der Waals surface area contributed by atoms with Crippen LogP contribution in [-0.2, 0) is 16.1 Å². The SMILES string of the molecule is O=C(O)C(=O)O.OC1CCN(Cc2ccc(Cl)c(Cl)c2)CC1. The first-order valence-corrected chi connectivity index (χ1v) is 7.35. The highest BCUT2D eigenvalue weighted by Gasteiger charge is 2.16. The van der Waals surface area contributed by atoms with Gasteiger partial charge in [0, 0.05) is 19.6 Å². The van der Waals surface area contributed by atoms with E-state index in [0.717, 1.165) is 32.5 Å². The molecular weight excluding hydrogens is 333 g/mol. The lowest BCUT2D eigenvalue weighted by atomic mass is 10.1. The number of carboxylic acid groups (broad SMARTS) is 2. The number of rotatable bonds is 2. The molecule has 1 aliphatic rings. The zero-order valence-corrected chi connectivity index (χ0v) is 13.2. The van der Waals surface area contributed by atoms with Crippen LogP contribution >= 0.6 is 23.2 Å². The zero-order chi connectivity index (χ0) is 16.7. The third-order valence-corrected chi connectivity index (χ3v) is 3.87. The zero-order valence-electron chi connectivity index (χ0n) is 11.7. The number of nitrogens with zero attached hydrogens (tertiary/aromatic N) is 1. The number of hydrogen-bond donors (Lipinski definition) is 3. The molecule has 0 radical (unpaired) electrons. The molecule has 1 aliphatic heterocycles. The molecule has 0 aromatic heterocycles. The number of carboxylic acids is 2. The van der Waals surface area contributed by atoms with Gasteiger partial charge in [-0.25, -0.2) is 9.59 Å². The average Bonchev–Trinajstić information content (AvgIpc) is 2.46. The summed E-state index contributed by atoms with van der Waals surface area (Å²) >= 11 is 11.8. The van der Waals surface area contributed by atoms with Crippen molar-refractivity contribution in [1.82, 2.24) is 4.90 Å². The van der Waals surface area contributed by atoms with E-state index in [1.54, 1.807) is 0 Å². The van der Waals surface area contributed by atoms with Crippen LogP contribution < -0.4 is 0 Å². The van der Waals surface area contributed by atoms with E-state index in [-0.39, 0.29) is 6.10 Å². The maximum Gasteiger partial charge on any atom is 0.414 e. The maximum atomic E-state index is 9.41. The lowest BCUT2D eigenvalue weighted by Crippen LogP contribution is -2.35. The van der Waals surface area contributed by atoms with Crippen molar-refractivity contribution in [3.05, 3.63) is 33.8 Å². The van der Waals surface area contributed by atoms with E-state index in [0.29, 0.717) is 10.0 Å². The van der Waals surface area contributed by atoms with Crippen LogP contribution in [-0.4, -0.2) is 51.4 Å². The van der Waals surface area contributed by atoms with Gasteiger partial charge in [0.2, 0.25) is 0 Å². The number of aliphatic carboxylic acids is 2. The van der Waals surface area contributed by atoms with Gasteiger partial charge in [0.05, 0.1) is 16.1 Å². The molecule has 0 aliphatic carbocycles. The van der Waals surface area contributed by atoms with Crippen molar-refractivity contribution in [2.45, 2.75) is 25.5 Å². The van der Waals surface area contributed by atoms with Crippen LogP contribution in [0.25, 0.3) is 0 Å². The second kappa shape index (κ2) is 8.95. The molecule has 3 N–H and O–H groups in total. The van der Waals surface area contributed by atoms with Crippen LogP contribution in [0.4, 0.5) is 0 Å². The number of aliphatic hydroxyl groups is 1. The van der Waals surface area contributed by atoms with Crippen molar-refractivity contribution < 1.29 is 24.9 Å². The van der Waals surface area contributed by atoms with Crippen LogP contribution in [0, 0.1) is 0 Å². The Kier molecular flexibility index (Phi) is 7.61. The molecule has 0 unspecified atom stereocenters. The van der Waals surface area contributed by atoms with E-state index in [4.69, 9.17) is 43.0 Å². The van der Waals surface area contributed by atoms with Gasteiger partial charge in [-0.1, -0.05) is 29.3 Å². The quantitative estimate of drug-likeness (QED) is 0.707. The van der Waals surface area contributed by atoms with Gasteiger partial charge in [-0.05, 0) is 30.5 Å². The van der Waals surface area contributed by atoms with E-state index < -0.39 is 11.9 Å². The molecule has 0 bridgehead atoms. The molecule has 1 aromatic carbocycles. The number of aliphatic hydroxyl groups excluding tert-OH is 1. The molecule has 122 valence electrons. The van der Waals surface area contributed by atoms with E-state index in [1.165, 1.54) is 5.56 Å². The van der Waals surface area contributed by atoms with E-state index >= 15 is 0 Å². The highest BCUT2D eigenvalue weighted by Crippen LogP contribution is 2.23. The highest BCUT2D eigenvalue weighted by molar-refractivity contribution is 6.42. The number of halogens is 2. The Balaban J connectivity index is 0.000000346. The second-order valence-electron chi connectivity index (χ2n) is 4.87. The van der Waals surface area contributed by atoms with Gasteiger partial charge in [-0.2, -0.15) is 0 Å². The van der Waals surface area contributed by atoms with Crippen LogP contribution in [0.1, 0.15) is 18.4 Å². The summed E-state index contributed by atoms with van der Waals surface area (Å²) in [7, 11) is 0. The van der Waals surface area contributed by atoms with Crippen molar-refractivity contribution in [1.29, 1.82) is 0 Å². The topological polar surface area (TPSA) is 98.1 Å². The minimum absolute atomic E-state index is 0.120. The molecule has 1 saturated heterocycles. The molecule has 1 aromatic rings. The molecule has 0 spiro atoms. The number of piperidine rings is 1. The molecule has 0 atom stereocenters. The van der Waals surface area contributed by atoms with Gasteiger partial charge in [0.1, 0.15) is 0 Å². The normalized spacial score (nSPS) is 15.8. The first-order chi connectivity index (χ1) is 10.3. The number of hydrogen-bond acceptors (Lipinski definition) is 4. The lowest BCUT2D eigenvalue weighted by molar-refractivity contribution is -0.159. The van der Waals surface area contributed by atoms with Gasteiger partial charge in [-0.15, -0.1) is 0 Å². The van der Waals surface area contributed by atoms with E-state index in [9.17, 15) is 5.11 Å². The summed E-state index contributed by atoms with van der Waals surface area (Å²) in [6.45, 7) is 2.77. The van der Waals surface area contributed by atoms with Crippen molar-refractivity contribution in [2.75, 3.05) is 13.1 Å². The fraction of sp³-hybridized carbons (Fsp3) is 0.429. The molecule has 2 rings (SSSR count). The summed E-state index contributed by atoms with van der Waals surface area (Å²) in [5.74, 6) is -3.65. The Hall–Kier alpha value is -1.34. The van der Waals surface area contributed by atoms with Crippen molar-refractivity contribution in [3.8, 4) is 0 Å². The molecule has 1 fully saturated rings. The van der Waals surface area contributed by atoms with Gasteiger partial charge in [0.25, 0.3) is 0 Å². The third-order valence-electron chi connectivity index (χ3n) is 3.13. The Bertz CT molecular complexity index is 518. The fourth-order valence-electron chi connectivity index (χ4n) is 1.97. The molecule has 8 heteroatoms. The monoisotopic (exact) mass is 349 g/mol. The minimum Gasteiger partial charge on any atom is -0.473 e. The first-order valence-electron chi connectivity index (χ1n) is 6.60. The maximum absolute atomic E-state index is 9.41. The summed E-state index contributed by atoms with van der Waals surface area (Å²) in [6, 6.07) is 5.74.